The first-order valence-electron chi connectivity index (χ1n) is 9.48. The molecule has 1 aliphatic rings. The van der Waals surface area contributed by atoms with Crippen LogP contribution in [0.3, 0.4) is 0 Å². The van der Waals surface area contributed by atoms with E-state index in [0.717, 1.165) is 12.0 Å². The molecule has 0 saturated heterocycles. The molecule has 0 radical (unpaired) electrons. The summed E-state index contributed by atoms with van der Waals surface area (Å²) in [5.41, 5.74) is 2.81. The van der Waals surface area contributed by atoms with E-state index >= 15 is 0 Å². The van der Waals surface area contributed by atoms with Crippen molar-refractivity contribution in [1.29, 1.82) is 0 Å². The third-order valence-corrected chi connectivity index (χ3v) is 5.03. The number of benzene rings is 3. The minimum Gasteiger partial charge on any atom is -0.497 e. The van der Waals surface area contributed by atoms with Crippen molar-refractivity contribution < 1.29 is 19.2 Å². The molecule has 0 bridgehead atoms. The molecule has 3 aromatic rings. The van der Waals surface area contributed by atoms with Gasteiger partial charge in [0.2, 0.25) is 5.75 Å². The van der Waals surface area contributed by atoms with Crippen LogP contribution >= 0.6 is 0 Å². The molecule has 0 N–H and O–H groups in total. The summed E-state index contributed by atoms with van der Waals surface area (Å²) in [6.45, 7) is 0. The third-order valence-electron chi connectivity index (χ3n) is 5.03. The van der Waals surface area contributed by atoms with Crippen molar-refractivity contribution >= 4 is 17.5 Å². The molecule has 0 aromatic heterocycles. The number of ether oxygens (including phenoxy) is 2. The fraction of sp³-hybridized carbons (Fsp3) is 0.125. The first-order valence-corrected chi connectivity index (χ1v) is 9.48. The first kappa shape index (κ1) is 19.4. The number of nitro benzene ring substituents is 1. The molecule has 1 aliphatic carbocycles. The Morgan fingerprint density at radius 1 is 0.967 bits per heavy atom. The molecular weight excluding hydrogens is 382 g/mol. The minimum atomic E-state index is -0.487. The van der Waals surface area contributed by atoms with Gasteiger partial charge < -0.3 is 9.47 Å². The molecule has 0 aliphatic heterocycles. The van der Waals surface area contributed by atoms with Gasteiger partial charge in [-0.3, -0.25) is 14.9 Å². The molecular formula is C24H19NO5. The molecule has 6 heteroatoms. The zero-order valence-electron chi connectivity index (χ0n) is 16.3. The Hall–Kier alpha value is -3.93. The lowest BCUT2D eigenvalue weighted by molar-refractivity contribution is -0.385. The van der Waals surface area contributed by atoms with E-state index in [1.54, 1.807) is 49.6 Å². The molecule has 3 aromatic carbocycles. The molecule has 0 heterocycles. The van der Waals surface area contributed by atoms with Crippen molar-refractivity contribution in [2.45, 2.75) is 12.8 Å². The number of carbonyl (C=O) groups is 1. The molecule has 4 rings (SSSR count). The number of rotatable bonds is 5. The summed E-state index contributed by atoms with van der Waals surface area (Å²) in [7, 11) is 1.56. The lowest BCUT2D eigenvalue weighted by Gasteiger charge is -2.17. The van der Waals surface area contributed by atoms with E-state index in [9.17, 15) is 14.9 Å². The van der Waals surface area contributed by atoms with Crippen LogP contribution in [-0.4, -0.2) is 17.8 Å². The van der Waals surface area contributed by atoms with E-state index in [1.807, 2.05) is 24.3 Å². The number of nitro groups is 1. The van der Waals surface area contributed by atoms with Crippen molar-refractivity contribution in [2.24, 2.45) is 0 Å². The fourth-order valence-electron chi connectivity index (χ4n) is 3.48. The van der Waals surface area contributed by atoms with Crippen molar-refractivity contribution in [3.8, 4) is 17.2 Å². The Labute approximate surface area is 173 Å². The molecule has 0 fully saturated rings. The number of ketones is 1. The van der Waals surface area contributed by atoms with Crippen molar-refractivity contribution in [3.63, 3.8) is 0 Å². The number of allylic oxidation sites excluding steroid dienone is 1. The largest absolute Gasteiger partial charge is 0.497 e. The fourth-order valence-corrected chi connectivity index (χ4v) is 3.48. The Morgan fingerprint density at radius 3 is 2.43 bits per heavy atom. The highest BCUT2D eigenvalue weighted by molar-refractivity contribution is 6.13. The van der Waals surface area contributed by atoms with Gasteiger partial charge in [-0.05, 0) is 60.4 Å². The van der Waals surface area contributed by atoms with E-state index in [4.69, 9.17) is 9.47 Å². The van der Waals surface area contributed by atoms with E-state index in [-0.39, 0.29) is 17.2 Å². The normalized spacial score (nSPS) is 14.3. The maximum atomic E-state index is 12.8. The van der Waals surface area contributed by atoms with Crippen molar-refractivity contribution in [3.05, 3.63) is 99.1 Å². The second-order valence-electron chi connectivity index (χ2n) is 6.92. The van der Waals surface area contributed by atoms with Gasteiger partial charge in [0.25, 0.3) is 0 Å². The van der Waals surface area contributed by atoms with Gasteiger partial charge in [-0.25, -0.2) is 0 Å². The highest BCUT2D eigenvalue weighted by Crippen LogP contribution is 2.34. The SMILES string of the molecule is COc1ccc(Oc2ccc(/C=C3/CCc4ccccc4C3=O)cc2[N+](=O)[O-])cc1. The van der Waals surface area contributed by atoms with Crippen LogP contribution in [0.15, 0.2) is 72.3 Å². The first-order chi connectivity index (χ1) is 14.5. The van der Waals surface area contributed by atoms with Crippen LogP contribution in [0.5, 0.6) is 17.2 Å². The molecule has 0 atom stereocenters. The zero-order valence-corrected chi connectivity index (χ0v) is 16.3. The number of methoxy groups -OCH3 is 1. The van der Waals surface area contributed by atoms with Gasteiger partial charge in [0.05, 0.1) is 12.0 Å². The zero-order chi connectivity index (χ0) is 21.1. The number of nitrogens with zero attached hydrogens (tertiary/aromatic N) is 1. The Balaban J connectivity index is 1.62. The minimum absolute atomic E-state index is 0.0296. The maximum absolute atomic E-state index is 12.8. The highest BCUT2D eigenvalue weighted by atomic mass is 16.6. The highest BCUT2D eigenvalue weighted by Gasteiger charge is 2.22. The molecule has 0 unspecified atom stereocenters. The molecule has 6 nitrogen and oxygen atoms in total. The molecule has 0 spiro atoms. The summed E-state index contributed by atoms with van der Waals surface area (Å²) < 4.78 is 10.8. The smallest absolute Gasteiger partial charge is 0.312 e. The summed E-state index contributed by atoms with van der Waals surface area (Å²) in [4.78, 5) is 23.9. The average molecular weight is 401 g/mol. The molecule has 0 amide bonds. The standard InChI is InChI=1S/C24H19NO5/c1-29-19-9-11-20(12-10-19)30-23-13-6-16(15-22(23)25(27)28)14-18-8-7-17-4-2-3-5-21(17)24(18)26/h2-6,9-15H,7-8H2,1H3/b18-14-. The van der Waals surface area contributed by atoms with Gasteiger partial charge in [-0.2, -0.15) is 0 Å². The molecule has 30 heavy (non-hydrogen) atoms. The second kappa shape index (κ2) is 8.21. The van der Waals surface area contributed by atoms with Crippen LogP contribution in [-0.2, 0) is 6.42 Å². The summed E-state index contributed by atoms with van der Waals surface area (Å²) in [5.74, 6) is 1.23. The Kier molecular flexibility index (Phi) is 5.30. The summed E-state index contributed by atoms with van der Waals surface area (Å²) in [5, 5.41) is 11.6. The maximum Gasteiger partial charge on any atom is 0.312 e. The van der Waals surface area contributed by atoms with Crippen LogP contribution in [0.1, 0.15) is 27.9 Å². The van der Waals surface area contributed by atoms with Crippen LogP contribution in [0.2, 0.25) is 0 Å². The van der Waals surface area contributed by atoms with Gasteiger partial charge in [-0.1, -0.05) is 30.3 Å². The predicted molar refractivity (Wildman–Crippen MR) is 113 cm³/mol. The summed E-state index contributed by atoms with van der Waals surface area (Å²) >= 11 is 0. The average Bonchev–Trinajstić information content (AvgIpc) is 2.77. The van der Waals surface area contributed by atoms with Crippen LogP contribution < -0.4 is 9.47 Å². The number of hydrogen-bond acceptors (Lipinski definition) is 5. The molecule has 150 valence electrons. The predicted octanol–water partition coefficient (Wildman–Crippen LogP) is 5.61. The molecule has 0 saturated carbocycles. The number of fused-ring (bicyclic) bond motifs is 1. The number of hydrogen-bond donors (Lipinski definition) is 0. The lowest BCUT2D eigenvalue weighted by atomic mass is 9.86. The third kappa shape index (κ3) is 3.93. The monoisotopic (exact) mass is 401 g/mol. The van der Waals surface area contributed by atoms with Crippen LogP contribution in [0.25, 0.3) is 6.08 Å². The van der Waals surface area contributed by atoms with Crippen molar-refractivity contribution in [1.82, 2.24) is 0 Å². The van der Waals surface area contributed by atoms with Gasteiger partial charge in [-0.15, -0.1) is 0 Å². The van der Waals surface area contributed by atoms with Gasteiger partial charge in [0, 0.05) is 17.2 Å². The lowest BCUT2D eigenvalue weighted by Crippen LogP contribution is -2.13. The second-order valence-corrected chi connectivity index (χ2v) is 6.92. The number of aryl methyl sites for hydroxylation is 1. The quantitative estimate of drug-likeness (QED) is 0.315. The van der Waals surface area contributed by atoms with Crippen LogP contribution in [0.4, 0.5) is 5.69 Å². The van der Waals surface area contributed by atoms with Crippen molar-refractivity contribution in [2.75, 3.05) is 7.11 Å². The van der Waals surface area contributed by atoms with E-state index in [1.165, 1.54) is 6.07 Å². The van der Waals surface area contributed by atoms with E-state index in [0.29, 0.717) is 34.6 Å². The summed E-state index contributed by atoms with van der Waals surface area (Å²) in [6, 6.07) is 19.0. The Morgan fingerprint density at radius 2 is 1.70 bits per heavy atom. The Bertz CT molecular complexity index is 1150. The van der Waals surface area contributed by atoms with E-state index in [2.05, 4.69) is 0 Å². The topological polar surface area (TPSA) is 78.7 Å². The van der Waals surface area contributed by atoms with Gasteiger partial charge in [0.1, 0.15) is 11.5 Å². The number of carbonyl (C=O) groups excluding carboxylic acids is 1. The number of Topliss-reactive ketones (excluding diaryl/α,β-unsaturated/α-hetero) is 1. The van der Waals surface area contributed by atoms with Gasteiger partial charge in [0.15, 0.2) is 5.78 Å². The van der Waals surface area contributed by atoms with Gasteiger partial charge >= 0.3 is 5.69 Å². The van der Waals surface area contributed by atoms with E-state index < -0.39 is 4.92 Å². The summed E-state index contributed by atoms with van der Waals surface area (Å²) in [6.07, 6.45) is 3.10. The van der Waals surface area contributed by atoms with Crippen LogP contribution in [0, 0.1) is 10.1 Å².